The Hall–Kier alpha value is -2.35. The molecule has 1 aliphatic carbocycles. The number of phenols is 1. The highest BCUT2D eigenvalue weighted by Gasteiger charge is 2.34. The number of ketones is 1. The number of phenolic OH excluding ortho intramolecular Hbond substituents is 1. The van der Waals surface area contributed by atoms with Crippen LogP contribution in [0.1, 0.15) is 28.8 Å². The van der Waals surface area contributed by atoms with E-state index in [1.807, 2.05) is 0 Å². The van der Waals surface area contributed by atoms with E-state index in [9.17, 15) is 14.7 Å². The number of allylic oxidation sites excluding steroid dienone is 1. The topological polar surface area (TPSA) is 93.1 Å². The van der Waals surface area contributed by atoms with Crippen LogP contribution in [0.4, 0.5) is 0 Å². The summed E-state index contributed by atoms with van der Waals surface area (Å²) in [4.78, 5) is 23.1. The number of carboxylic acid groups (broad SMARTS) is 1. The maximum absolute atomic E-state index is 12.4. The second-order valence-electron chi connectivity index (χ2n) is 6.87. The summed E-state index contributed by atoms with van der Waals surface area (Å²) < 4.78 is 11.6. The van der Waals surface area contributed by atoms with Gasteiger partial charge in [-0.3, -0.25) is 9.59 Å². The molecule has 8 heteroatoms. The molecule has 2 aromatic rings. The second-order valence-corrected chi connectivity index (χ2v) is 8.13. The van der Waals surface area contributed by atoms with Crippen molar-refractivity contribution in [2.75, 3.05) is 13.2 Å². The van der Waals surface area contributed by atoms with Gasteiger partial charge in [-0.2, -0.15) is 0 Å². The fourth-order valence-corrected chi connectivity index (χ4v) is 3.66. The lowest BCUT2D eigenvalue weighted by Crippen LogP contribution is -2.36. The van der Waals surface area contributed by atoms with Crippen molar-refractivity contribution in [3.05, 3.63) is 63.1 Å². The van der Waals surface area contributed by atoms with Crippen molar-refractivity contribution in [2.24, 2.45) is 5.92 Å². The third kappa shape index (κ3) is 5.62. The summed E-state index contributed by atoms with van der Waals surface area (Å²) in [5.74, 6) is -1.02. The summed E-state index contributed by atoms with van der Waals surface area (Å²) >= 11 is 9.12. The Morgan fingerprint density at radius 1 is 1.13 bits per heavy atom. The van der Waals surface area contributed by atoms with Crippen molar-refractivity contribution in [1.29, 1.82) is 0 Å². The maximum Gasteiger partial charge on any atom is 0.306 e. The Balaban J connectivity index is 1.46. The normalized spacial score (nSPS) is 18.2. The molecule has 1 saturated carbocycles. The van der Waals surface area contributed by atoms with Crippen molar-refractivity contribution in [3.8, 4) is 11.5 Å². The Morgan fingerprint density at radius 3 is 2.50 bits per heavy atom. The standard InChI is InChI=1S/C22H20BrClO6/c23-17-6-7-18(24)21(26)20(17)19(25)8-3-13-1-4-15(5-2-13)29-9-10-30-16-11-14(12-16)22(27)28/h1-8,14,16,26H,9-12H2,(H,27,28). The molecule has 0 heterocycles. The van der Waals surface area contributed by atoms with Crippen LogP contribution >= 0.6 is 27.5 Å². The molecule has 158 valence electrons. The number of aliphatic carboxylic acids is 1. The van der Waals surface area contributed by atoms with Crippen LogP contribution in [0.15, 0.2) is 46.9 Å². The third-order valence-corrected chi connectivity index (χ3v) is 5.75. The molecule has 30 heavy (non-hydrogen) atoms. The van der Waals surface area contributed by atoms with Crippen LogP contribution < -0.4 is 4.74 Å². The summed E-state index contributed by atoms with van der Waals surface area (Å²) in [6, 6.07) is 10.3. The lowest BCUT2D eigenvalue weighted by molar-refractivity contribution is -0.151. The molecule has 0 aromatic heterocycles. The highest BCUT2D eigenvalue weighted by Crippen LogP contribution is 2.33. The van der Waals surface area contributed by atoms with Crippen LogP contribution in [0.25, 0.3) is 6.08 Å². The third-order valence-electron chi connectivity index (χ3n) is 4.78. The SMILES string of the molecule is O=C(C=Cc1ccc(OCCOC2CC(C(=O)O)C2)cc1)c1c(Br)ccc(Cl)c1O. The first-order chi connectivity index (χ1) is 14.3. The minimum absolute atomic E-state index is 0.00119. The number of carbonyl (C=O) groups is 2. The first-order valence-electron chi connectivity index (χ1n) is 9.32. The predicted octanol–water partition coefficient (Wildman–Crippen LogP) is 4.96. The van der Waals surface area contributed by atoms with Crippen LogP contribution in [0.2, 0.25) is 5.02 Å². The van der Waals surface area contributed by atoms with E-state index in [2.05, 4.69) is 15.9 Å². The predicted molar refractivity (Wildman–Crippen MR) is 116 cm³/mol. The van der Waals surface area contributed by atoms with Gasteiger partial charge in [0.05, 0.1) is 29.2 Å². The molecule has 1 aliphatic rings. The summed E-state index contributed by atoms with van der Waals surface area (Å²) in [5.41, 5.74) is 0.901. The Morgan fingerprint density at radius 2 is 1.83 bits per heavy atom. The molecule has 6 nitrogen and oxygen atoms in total. The average molecular weight is 496 g/mol. The van der Waals surface area contributed by atoms with Gasteiger partial charge in [0.25, 0.3) is 0 Å². The second kappa shape index (κ2) is 10.1. The Bertz CT molecular complexity index is 951. The van der Waals surface area contributed by atoms with Crippen LogP contribution in [-0.2, 0) is 9.53 Å². The molecular weight excluding hydrogens is 476 g/mol. The van der Waals surface area contributed by atoms with Gasteiger partial charge in [-0.05, 0) is 64.7 Å². The van der Waals surface area contributed by atoms with E-state index >= 15 is 0 Å². The van der Waals surface area contributed by atoms with Crippen molar-refractivity contribution in [3.63, 3.8) is 0 Å². The Labute approximate surface area is 187 Å². The van der Waals surface area contributed by atoms with E-state index in [0.29, 0.717) is 36.3 Å². The van der Waals surface area contributed by atoms with E-state index in [-0.39, 0.29) is 34.1 Å². The fraction of sp³-hybridized carbons (Fsp3) is 0.273. The number of aromatic hydroxyl groups is 1. The van der Waals surface area contributed by atoms with E-state index in [0.717, 1.165) is 5.56 Å². The number of ether oxygens (including phenoxy) is 2. The maximum atomic E-state index is 12.4. The molecule has 2 N–H and O–H groups in total. The summed E-state index contributed by atoms with van der Waals surface area (Å²) in [7, 11) is 0. The molecule has 1 fully saturated rings. The van der Waals surface area contributed by atoms with Gasteiger partial charge >= 0.3 is 5.97 Å². The minimum atomic E-state index is -0.765. The van der Waals surface area contributed by atoms with Gasteiger partial charge in [0.2, 0.25) is 0 Å². The van der Waals surface area contributed by atoms with Crippen molar-refractivity contribution < 1.29 is 29.3 Å². The van der Waals surface area contributed by atoms with Gasteiger partial charge in [0.15, 0.2) is 5.78 Å². The van der Waals surface area contributed by atoms with E-state index in [1.165, 1.54) is 12.1 Å². The molecule has 2 aromatic carbocycles. The molecule has 0 amide bonds. The van der Waals surface area contributed by atoms with E-state index in [4.69, 9.17) is 26.2 Å². The van der Waals surface area contributed by atoms with Crippen molar-refractivity contribution in [2.45, 2.75) is 18.9 Å². The molecule has 0 aliphatic heterocycles. The van der Waals surface area contributed by atoms with Gasteiger partial charge in [-0.15, -0.1) is 0 Å². The molecule has 3 rings (SSSR count). The molecular formula is C22H20BrClO6. The van der Waals surface area contributed by atoms with Gasteiger partial charge in [-0.1, -0.05) is 29.8 Å². The van der Waals surface area contributed by atoms with Crippen LogP contribution in [0.3, 0.4) is 0 Å². The molecule has 0 spiro atoms. The minimum Gasteiger partial charge on any atom is -0.506 e. The molecule has 0 radical (unpaired) electrons. The van der Waals surface area contributed by atoms with Crippen LogP contribution in [-0.4, -0.2) is 41.3 Å². The van der Waals surface area contributed by atoms with Crippen molar-refractivity contribution >= 4 is 45.4 Å². The number of halogens is 2. The Kier molecular flexibility index (Phi) is 7.53. The monoisotopic (exact) mass is 494 g/mol. The highest BCUT2D eigenvalue weighted by molar-refractivity contribution is 9.10. The lowest BCUT2D eigenvalue weighted by atomic mass is 9.82. The number of carboxylic acids is 1. The summed E-state index contributed by atoms with van der Waals surface area (Å²) in [6.45, 7) is 0.759. The summed E-state index contributed by atoms with van der Waals surface area (Å²) in [5, 5.41) is 19.0. The van der Waals surface area contributed by atoms with Crippen LogP contribution in [0, 0.1) is 5.92 Å². The molecule has 0 bridgehead atoms. The van der Waals surface area contributed by atoms with Gasteiger partial charge in [-0.25, -0.2) is 0 Å². The fourth-order valence-electron chi connectivity index (χ4n) is 2.98. The van der Waals surface area contributed by atoms with Gasteiger partial charge in [0.1, 0.15) is 18.1 Å². The highest BCUT2D eigenvalue weighted by atomic mass is 79.9. The summed E-state index contributed by atoms with van der Waals surface area (Å²) in [6.07, 6.45) is 4.11. The van der Waals surface area contributed by atoms with Gasteiger partial charge < -0.3 is 19.7 Å². The van der Waals surface area contributed by atoms with Crippen LogP contribution in [0.5, 0.6) is 11.5 Å². The molecule has 0 unspecified atom stereocenters. The number of hydrogen-bond donors (Lipinski definition) is 2. The van der Waals surface area contributed by atoms with E-state index < -0.39 is 5.97 Å². The lowest BCUT2D eigenvalue weighted by Gasteiger charge is -2.31. The van der Waals surface area contributed by atoms with E-state index in [1.54, 1.807) is 36.4 Å². The number of hydrogen-bond acceptors (Lipinski definition) is 5. The van der Waals surface area contributed by atoms with Crippen molar-refractivity contribution in [1.82, 2.24) is 0 Å². The van der Waals surface area contributed by atoms with Gasteiger partial charge in [0, 0.05) is 4.47 Å². The number of rotatable bonds is 9. The number of carbonyl (C=O) groups excluding carboxylic acids is 1. The first kappa shape index (κ1) is 22.3. The zero-order valence-corrected chi connectivity index (χ0v) is 18.2. The largest absolute Gasteiger partial charge is 0.506 e. The first-order valence-corrected chi connectivity index (χ1v) is 10.5. The zero-order chi connectivity index (χ0) is 21.7. The quantitative estimate of drug-likeness (QED) is 0.290. The average Bonchev–Trinajstić information content (AvgIpc) is 2.68. The zero-order valence-electron chi connectivity index (χ0n) is 15.9. The smallest absolute Gasteiger partial charge is 0.306 e. The molecule has 0 atom stereocenters. The molecule has 0 saturated heterocycles. The number of benzene rings is 2.